The minimum absolute atomic E-state index is 0.103. The molecule has 0 aliphatic heterocycles. The summed E-state index contributed by atoms with van der Waals surface area (Å²) >= 11 is 0. The van der Waals surface area contributed by atoms with Gasteiger partial charge in [0.1, 0.15) is 12.4 Å². The van der Waals surface area contributed by atoms with Gasteiger partial charge < -0.3 is 9.84 Å². The highest BCUT2D eigenvalue weighted by molar-refractivity contribution is 5.49. The highest BCUT2D eigenvalue weighted by atomic mass is 16.6. The molecule has 1 aromatic carbocycles. The van der Waals surface area contributed by atoms with Crippen molar-refractivity contribution in [1.82, 2.24) is 0 Å². The largest absolute Gasteiger partial charge is 0.490 e. The van der Waals surface area contributed by atoms with Crippen molar-refractivity contribution in [2.24, 2.45) is 0 Å². The second-order valence-electron chi connectivity index (χ2n) is 5.73. The summed E-state index contributed by atoms with van der Waals surface area (Å²) in [6.07, 6.45) is 4.74. The van der Waals surface area contributed by atoms with Crippen molar-refractivity contribution in [2.45, 2.75) is 51.6 Å². The summed E-state index contributed by atoms with van der Waals surface area (Å²) in [4.78, 5) is 10.5. The molecule has 0 atom stereocenters. The van der Waals surface area contributed by atoms with Crippen LogP contribution in [0.25, 0.3) is 0 Å². The summed E-state index contributed by atoms with van der Waals surface area (Å²) in [5.41, 5.74) is 0.652. The van der Waals surface area contributed by atoms with Crippen LogP contribution in [-0.4, -0.2) is 22.2 Å². The Balaban J connectivity index is 2.10. The van der Waals surface area contributed by atoms with Crippen LogP contribution in [0.3, 0.4) is 0 Å². The van der Waals surface area contributed by atoms with E-state index in [-0.39, 0.29) is 17.2 Å². The molecule has 1 aromatic rings. The Hall–Kier alpha value is -1.62. The molecule has 0 unspecified atom stereocenters. The van der Waals surface area contributed by atoms with Crippen molar-refractivity contribution in [1.29, 1.82) is 0 Å². The molecule has 0 saturated heterocycles. The standard InChI is InChI=1S/C15H21NO4/c1-11-9-14(12(2)8-13(11)16(18)19)20-10-15(17)6-4-3-5-7-15/h8-9,17H,3-7,10H2,1-2H3. The van der Waals surface area contributed by atoms with Crippen LogP contribution >= 0.6 is 0 Å². The number of nitrogens with zero attached hydrogens (tertiary/aromatic N) is 1. The minimum Gasteiger partial charge on any atom is -0.490 e. The average molecular weight is 279 g/mol. The van der Waals surface area contributed by atoms with Crippen LogP contribution in [0.2, 0.25) is 0 Å². The molecule has 5 heteroatoms. The molecule has 0 bridgehead atoms. The smallest absolute Gasteiger partial charge is 0.272 e. The van der Waals surface area contributed by atoms with E-state index in [4.69, 9.17) is 4.74 Å². The number of hydrogen-bond acceptors (Lipinski definition) is 4. The third-order valence-electron chi connectivity index (χ3n) is 3.97. The van der Waals surface area contributed by atoms with Gasteiger partial charge in [0.2, 0.25) is 0 Å². The molecule has 1 fully saturated rings. The molecule has 1 N–H and O–H groups in total. The lowest BCUT2D eigenvalue weighted by Gasteiger charge is -2.31. The molecule has 0 spiro atoms. The molecular formula is C15H21NO4. The van der Waals surface area contributed by atoms with E-state index in [0.29, 0.717) is 11.3 Å². The van der Waals surface area contributed by atoms with E-state index in [0.717, 1.165) is 37.7 Å². The molecule has 5 nitrogen and oxygen atoms in total. The number of hydrogen-bond donors (Lipinski definition) is 1. The van der Waals surface area contributed by atoms with E-state index in [2.05, 4.69) is 0 Å². The SMILES string of the molecule is Cc1cc([N+](=O)[O-])c(C)cc1OCC1(O)CCCCC1. The third-order valence-corrected chi connectivity index (χ3v) is 3.97. The molecule has 110 valence electrons. The summed E-state index contributed by atoms with van der Waals surface area (Å²) in [7, 11) is 0. The zero-order valence-corrected chi connectivity index (χ0v) is 12.0. The summed E-state index contributed by atoms with van der Waals surface area (Å²) in [6, 6.07) is 3.20. The fourth-order valence-corrected chi connectivity index (χ4v) is 2.69. The Labute approximate surface area is 118 Å². The predicted molar refractivity (Wildman–Crippen MR) is 76.1 cm³/mol. The molecule has 2 rings (SSSR count). The molecule has 1 saturated carbocycles. The van der Waals surface area contributed by atoms with Crippen molar-refractivity contribution in [3.05, 3.63) is 33.4 Å². The summed E-state index contributed by atoms with van der Waals surface area (Å²) in [6.45, 7) is 3.73. The summed E-state index contributed by atoms with van der Waals surface area (Å²) in [5.74, 6) is 0.618. The van der Waals surface area contributed by atoms with E-state index >= 15 is 0 Å². The number of nitro groups is 1. The molecule has 20 heavy (non-hydrogen) atoms. The van der Waals surface area contributed by atoms with Gasteiger partial charge in [-0.05, 0) is 38.3 Å². The summed E-state index contributed by atoms with van der Waals surface area (Å²) < 4.78 is 5.72. The highest BCUT2D eigenvalue weighted by Gasteiger charge is 2.30. The van der Waals surface area contributed by atoms with Crippen molar-refractivity contribution in [2.75, 3.05) is 6.61 Å². The molecule has 0 heterocycles. The van der Waals surface area contributed by atoms with Gasteiger partial charge in [-0.15, -0.1) is 0 Å². The van der Waals surface area contributed by atoms with Crippen LogP contribution in [0, 0.1) is 24.0 Å². The van der Waals surface area contributed by atoms with Gasteiger partial charge in [0.05, 0.1) is 10.5 Å². The van der Waals surface area contributed by atoms with Crippen LogP contribution in [-0.2, 0) is 0 Å². The molecule has 0 radical (unpaired) electrons. The Kier molecular flexibility index (Phi) is 4.28. The minimum atomic E-state index is -0.750. The van der Waals surface area contributed by atoms with E-state index in [9.17, 15) is 15.2 Å². The van der Waals surface area contributed by atoms with Gasteiger partial charge in [-0.1, -0.05) is 19.3 Å². The third kappa shape index (κ3) is 3.28. The van der Waals surface area contributed by atoms with Crippen molar-refractivity contribution < 1.29 is 14.8 Å². The van der Waals surface area contributed by atoms with Gasteiger partial charge in [0, 0.05) is 11.6 Å². The first kappa shape index (κ1) is 14.8. The van der Waals surface area contributed by atoms with E-state index in [1.807, 2.05) is 0 Å². The summed E-state index contributed by atoms with van der Waals surface area (Å²) in [5, 5.41) is 21.3. The van der Waals surface area contributed by atoms with Crippen molar-refractivity contribution in [3.8, 4) is 5.75 Å². The monoisotopic (exact) mass is 279 g/mol. The number of nitro benzene ring substituents is 1. The Morgan fingerprint density at radius 2 is 1.90 bits per heavy atom. The second kappa shape index (κ2) is 5.79. The maximum absolute atomic E-state index is 10.9. The van der Waals surface area contributed by atoms with Gasteiger partial charge >= 0.3 is 0 Å². The van der Waals surface area contributed by atoms with Crippen LogP contribution in [0.1, 0.15) is 43.2 Å². The number of aliphatic hydroxyl groups is 1. The normalized spacial score (nSPS) is 17.8. The topological polar surface area (TPSA) is 72.6 Å². The lowest BCUT2D eigenvalue weighted by atomic mass is 9.85. The Morgan fingerprint density at radius 1 is 1.25 bits per heavy atom. The molecule has 1 aliphatic carbocycles. The fourth-order valence-electron chi connectivity index (χ4n) is 2.69. The van der Waals surface area contributed by atoms with Crippen molar-refractivity contribution >= 4 is 5.69 Å². The predicted octanol–water partition coefficient (Wildman–Crippen LogP) is 3.29. The van der Waals surface area contributed by atoms with Gasteiger partial charge in [0.25, 0.3) is 5.69 Å². The average Bonchev–Trinajstić information content (AvgIpc) is 2.40. The van der Waals surface area contributed by atoms with E-state index < -0.39 is 5.60 Å². The van der Waals surface area contributed by atoms with Gasteiger partial charge in [-0.3, -0.25) is 10.1 Å². The number of benzene rings is 1. The van der Waals surface area contributed by atoms with Gasteiger partial charge in [-0.25, -0.2) is 0 Å². The number of rotatable bonds is 4. The number of ether oxygens (including phenoxy) is 1. The molecule has 0 amide bonds. The fraction of sp³-hybridized carbons (Fsp3) is 0.600. The lowest BCUT2D eigenvalue weighted by Crippen LogP contribution is -2.38. The Morgan fingerprint density at radius 3 is 2.50 bits per heavy atom. The first-order chi connectivity index (χ1) is 9.41. The maximum atomic E-state index is 10.9. The highest BCUT2D eigenvalue weighted by Crippen LogP contribution is 2.31. The molecule has 1 aliphatic rings. The van der Waals surface area contributed by atoms with Crippen LogP contribution in [0.4, 0.5) is 5.69 Å². The van der Waals surface area contributed by atoms with Crippen LogP contribution < -0.4 is 4.74 Å². The molecule has 0 aromatic heterocycles. The van der Waals surface area contributed by atoms with Crippen LogP contribution in [0.5, 0.6) is 5.75 Å². The number of aryl methyl sites for hydroxylation is 2. The maximum Gasteiger partial charge on any atom is 0.272 e. The van der Waals surface area contributed by atoms with Gasteiger partial charge in [0.15, 0.2) is 0 Å². The van der Waals surface area contributed by atoms with Crippen LogP contribution in [0.15, 0.2) is 12.1 Å². The zero-order chi connectivity index (χ0) is 14.8. The quantitative estimate of drug-likeness (QED) is 0.678. The van der Waals surface area contributed by atoms with E-state index in [1.54, 1.807) is 19.9 Å². The van der Waals surface area contributed by atoms with Gasteiger partial charge in [-0.2, -0.15) is 0 Å². The van der Waals surface area contributed by atoms with E-state index in [1.165, 1.54) is 6.07 Å². The molecular weight excluding hydrogens is 258 g/mol. The second-order valence-corrected chi connectivity index (χ2v) is 5.73. The lowest BCUT2D eigenvalue weighted by molar-refractivity contribution is -0.385. The Bertz CT molecular complexity index is 507. The van der Waals surface area contributed by atoms with Crippen molar-refractivity contribution in [3.63, 3.8) is 0 Å². The first-order valence-corrected chi connectivity index (χ1v) is 7.02. The first-order valence-electron chi connectivity index (χ1n) is 7.02. The zero-order valence-electron chi connectivity index (χ0n) is 12.0.